The topological polar surface area (TPSA) is 210 Å². The van der Waals surface area contributed by atoms with Crippen molar-refractivity contribution in [3.63, 3.8) is 0 Å². The maximum Gasteiger partial charge on any atom is 0.255 e. The molecule has 3 atom stereocenters. The number of nitrogens with one attached hydrogen (secondary N) is 3. The molecule has 4 heterocycles. The molecule has 2 aliphatic heterocycles. The van der Waals surface area contributed by atoms with Gasteiger partial charge in [0.2, 0.25) is 23.7 Å². The Balaban J connectivity index is 0.721. The Bertz CT molecular complexity index is 2760. The Morgan fingerprint density at radius 3 is 2.42 bits per heavy atom. The van der Waals surface area contributed by atoms with E-state index in [9.17, 15) is 24.3 Å². The summed E-state index contributed by atoms with van der Waals surface area (Å²) >= 11 is 5.07. The van der Waals surface area contributed by atoms with Gasteiger partial charge in [-0.15, -0.1) is 11.3 Å². The number of benzene rings is 3. The summed E-state index contributed by atoms with van der Waals surface area (Å²) in [4.78, 5) is 73.4. The van der Waals surface area contributed by atoms with Gasteiger partial charge in [0.05, 0.1) is 39.9 Å². The van der Waals surface area contributed by atoms with Crippen molar-refractivity contribution in [3.05, 3.63) is 105 Å². The maximum absolute atomic E-state index is 14.3. The van der Waals surface area contributed by atoms with E-state index in [1.807, 2.05) is 93.4 Å². The van der Waals surface area contributed by atoms with E-state index in [0.717, 1.165) is 69.5 Å². The van der Waals surface area contributed by atoms with Crippen LogP contribution in [0.3, 0.4) is 0 Å². The summed E-state index contributed by atoms with van der Waals surface area (Å²) in [5.41, 5.74) is 6.68. The SMILES string of the molecule is Cc1ncsc1-c1ccc(CNC(=O)[C@@H]2C[C@@H](O)CN2C(=O)[C@H](C(C)C)N2Cc3ccccc3C2=O)c(OCCCOCCCOCCOc2ccc(Nc3ncc(Br)c(NCCCN(C)C(=O)C4CCC4)n3)cc2)c1. The molecule has 18 nitrogen and oxygen atoms in total. The number of thiazole rings is 1. The first-order valence-corrected chi connectivity index (χ1v) is 28.0. The number of fused-ring (bicyclic) bond motifs is 1. The number of halogens is 1. The van der Waals surface area contributed by atoms with E-state index in [1.54, 1.807) is 34.0 Å². The highest BCUT2D eigenvalue weighted by molar-refractivity contribution is 9.10. The Labute approximate surface area is 457 Å². The second-order valence-corrected chi connectivity index (χ2v) is 21.5. The van der Waals surface area contributed by atoms with Crippen molar-refractivity contribution in [2.75, 3.05) is 77.0 Å². The van der Waals surface area contributed by atoms with Crippen molar-refractivity contribution >= 4 is 68.3 Å². The summed E-state index contributed by atoms with van der Waals surface area (Å²) in [6.45, 7) is 10.3. The van der Waals surface area contributed by atoms with Gasteiger partial charge in [0.15, 0.2) is 0 Å². The molecule has 20 heteroatoms. The molecule has 4 amide bonds. The van der Waals surface area contributed by atoms with Crippen molar-refractivity contribution in [1.29, 1.82) is 0 Å². The molecule has 0 bridgehead atoms. The van der Waals surface area contributed by atoms with Crippen LogP contribution in [-0.2, 0) is 36.9 Å². The number of rotatable bonds is 28. The van der Waals surface area contributed by atoms with Crippen molar-refractivity contribution in [2.45, 2.75) is 97.0 Å². The predicted octanol–water partition coefficient (Wildman–Crippen LogP) is 8.00. The molecule has 76 heavy (non-hydrogen) atoms. The number of likely N-dealkylation sites (tertiary alicyclic amines) is 1. The zero-order valence-corrected chi connectivity index (χ0v) is 46.2. The standard InChI is InChI=1S/C56H70BrN9O9S/c1-36(2)49(66-33-41-11-5-6-14-45(41)54(66)70)55(71)65-34-43(67)30-47(65)52(68)59-31-40-16-15-39(50-37(3)61-35-76-50)29-48(40)75-26-10-25-72-23-9-24-73-27-28-74-44-19-17-42(18-20-44)62-56-60-32-46(57)51(63-56)58-21-8-22-64(4)53(69)38-12-7-13-38/h5-6,11,14-20,29,32,35-36,38,43,47,49,67H,7-10,12-13,21-28,30-31,33-34H2,1-4H3,(H,59,68)(H2,58,60,62,63)/t43-,47+,49+/m1/s1. The number of hydrogen-bond donors (Lipinski definition) is 4. The number of aromatic nitrogens is 3. The normalized spacial score (nSPS) is 16.6. The number of aliphatic hydroxyl groups excluding tert-OH is 1. The monoisotopic (exact) mass is 1120 g/mol. The number of carbonyl (C=O) groups is 4. The van der Waals surface area contributed by atoms with E-state index in [4.69, 9.17) is 18.9 Å². The van der Waals surface area contributed by atoms with Crippen LogP contribution in [0.4, 0.5) is 17.5 Å². The van der Waals surface area contributed by atoms with E-state index in [1.165, 1.54) is 4.90 Å². The number of amides is 4. The third kappa shape index (κ3) is 14.6. The second-order valence-electron chi connectivity index (χ2n) is 19.8. The highest BCUT2D eigenvalue weighted by Crippen LogP contribution is 2.34. The summed E-state index contributed by atoms with van der Waals surface area (Å²) in [6, 6.07) is 19.1. The number of anilines is 3. The Hall–Kier alpha value is -6.19. The molecule has 2 fully saturated rings. The fourth-order valence-electron chi connectivity index (χ4n) is 9.55. The average molecular weight is 1130 g/mol. The third-order valence-corrected chi connectivity index (χ3v) is 15.4. The number of β-amino-alcohol motifs (C(OH)–C–C–N with tert-alkyl or cyclic N) is 1. The van der Waals surface area contributed by atoms with Gasteiger partial charge in [-0.25, -0.2) is 9.97 Å². The highest BCUT2D eigenvalue weighted by atomic mass is 79.9. The lowest BCUT2D eigenvalue weighted by molar-refractivity contribution is -0.143. The van der Waals surface area contributed by atoms with Crippen LogP contribution >= 0.6 is 27.3 Å². The van der Waals surface area contributed by atoms with E-state index >= 15 is 0 Å². The number of carbonyl (C=O) groups excluding carboxylic acids is 4. The van der Waals surface area contributed by atoms with Crippen LogP contribution in [0, 0.1) is 18.8 Å². The fourth-order valence-corrected chi connectivity index (χ4v) is 10.7. The predicted molar refractivity (Wildman–Crippen MR) is 295 cm³/mol. The van der Waals surface area contributed by atoms with Crippen molar-refractivity contribution in [3.8, 4) is 21.9 Å². The molecule has 8 rings (SSSR count). The smallest absolute Gasteiger partial charge is 0.255 e. The molecule has 406 valence electrons. The minimum atomic E-state index is -0.903. The zero-order chi connectivity index (χ0) is 53.6. The molecule has 2 aromatic heterocycles. The van der Waals surface area contributed by atoms with Crippen LogP contribution in [0.15, 0.2) is 82.9 Å². The Kier molecular flexibility index (Phi) is 20.1. The molecule has 0 radical (unpaired) electrons. The van der Waals surface area contributed by atoms with Gasteiger partial charge < -0.3 is 54.7 Å². The Morgan fingerprint density at radius 2 is 1.70 bits per heavy atom. The number of ether oxygens (including phenoxy) is 4. The van der Waals surface area contributed by atoms with Gasteiger partial charge >= 0.3 is 0 Å². The molecule has 1 aliphatic carbocycles. The van der Waals surface area contributed by atoms with Crippen LogP contribution < -0.4 is 25.4 Å². The zero-order valence-electron chi connectivity index (χ0n) is 43.8. The molecule has 1 saturated heterocycles. The summed E-state index contributed by atoms with van der Waals surface area (Å²) in [5.74, 6) is 1.74. The molecule has 3 aromatic carbocycles. The molecular weight excluding hydrogens is 1050 g/mol. The molecular formula is C56H70BrN9O9S. The molecule has 0 unspecified atom stereocenters. The van der Waals surface area contributed by atoms with Crippen LogP contribution in [-0.4, -0.2) is 143 Å². The van der Waals surface area contributed by atoms with Gasteiger partial charge in [-0.3, -0.25) is 19.2 Å². The van der Waals surface area contributed by atoms with Crippen LogP contribution in [0.2, 0.25) is 0 Å². The lowest BCUT2D eigenvalue weighted by Crippen LogP contribution is -2.55. The van der Waals surface area contributed by atoms with E-state index in [2.05, 4.69) is 46.8 Å². The first kappa shape index (κ1) is 56.0. The van der Waals surface area contributed by atoms with Gasteiger partial charge in [0, 0.05) is 101 Å². The van der Waals surface area contributed by atoms with Crippen molar-refractivity contribution in [2.24, 2.45) is 11.8 Å². The maximum atomic E-state index is 14.3. The number of nitrogens with zero attached hydrogens (tertiary/aromatic N) is 6. The first-order chi connectivity index (χ1) is 36.8. The van der Waals surface area contributed by atoms with Gasteiger partial charge in [-0.1, -0.05) is 50.6 Å². The van der Waals surface area contributed by atoms with E-state index in [0.29, 0.717) is 94.5 Å². The van der Waals surface area contributed by atoms with Crippen molar-refractivity contribution < 1.29 is 43.2 Å². The summed E-state index contributed by atoms with van der Waals surface area (Å²) < 4.78 is 24.7. The Morgan fingerprint density at radius 1 is 0.934 bits per heavy atom. The lowest BCUT2D eigenvalue weighted by Gasteiger charge is -2.35. The molecule has 0 spiro atoms. The highest BCUT2D eigenvalue weighted by Gasteiger charge is 2.46. The summed E-state index contributed by atoms with van der Waals surface area (Å²) in [5, 5.41) is 20.4. The van der Waals surface area contributed by atoms with Gasteiger partial charge in [0.1, 0.15) is 36.0 Å². The van der Waals surface area contributed by atoms with Gasteiger partial charge in [0.25, 0.3) is 5.91 Å². The largest absolute Gasteiger partial charge is 0.493 e. The summed E-state index contributed by atoms with van der Waals surface area (Å²) in [6.07, 6.45) is 6.25. The fraction of sp³-hybridized carbons (Fsp3) is 0.482. The average Bonchev–Trinajstić information content (AvgIpc) is 4.11. The number of aryl methyl sites for hydroxylation is 1. The van der Waals surface area contributed by atoms with Crippen LogP contribution in [0.25, 0.3) is 10.4 Å². The third-order valence-electron chi connectivity index (χ3n) is 13.9. The van der Waals surface area contributed by atoms with E-state index in [-0.39, 0.29) is 55.0 Å². The van der Waals surface area contributed by atoms with E-state index < -0.39 is 18.2 Å². The lowest BCUT2D eigenvalue weighted by atomic mass is 9.84. The van der Waals surface area contributed by atoms with Crippen molar-refractivity contribution in [1.82, 2.24) is 35.0 Å². The number of aliphatic hydroxyl groups is 1. The summed E-state index contributed by atoms with van der Waals surface area (Å²) in [7, 11) is 1.88. The quantitative estimate of drug-likeness (QED) is 0.0350. The minimum absolute atomic E-state index is 0.00464. The molecule has 4 N–H and O–H groups in total. The van der Waals surface area contributed by atoms with Gasteiger partial charge in [-0.05, 0) is 102 Å². The first-order valence-electron chi connectivity index (χ1n) is 26.3. The minimum Gasteiger partial charge on any atom is -0.493 e. The molecule has 5 aromatic rings. The van der Waals surface area contributed by atoms with Crippen LogP contribution in [0.5, 0.6) is 11.5 Å². The number of hydrogen-bond acceptors (Lipinski definition) is 15. The second kappa shape index (κ2) is 27.2. The molecule has 3 aliphatic rings. The van der Waals surface area contributed by atoms with Crippen LogP contribution in [0.1, 0.15) is 86.0 Å². The van der Waals surface area contributed by atoms with Gasteiger partial charge in [-0.2, -0.15) is 4.98 Å². The molecule has 1 saturated carbocycles.